The second-order valence-corrected chi connectivity index (χ2v) is 6.86. The molecule has 1 N–H and O–H groups in total. The van der Waals surface area contributed by atoms with E-state index >= 15 is 0 Å². The highest BCUT2D eigenvalue weighted by Crippen LogP contribution is 2.45. The first-order chi connectivity index (χ1) is 11.2. The number of nitriles is 1. The van der Waals surface area contributed by atoms with Crippen LogP contribution in [0.3, 0.4) is 0 Å². The zero-order valence-electron chi connectivity index (χ0n) is 14.0. The summed E-state index contributed by atoms with van der Waals surface area (Å²) in [5, 5.41) is 12.3. The summed E-state index contributed by atoms with van der Waals surface area (Å²) >= 11 is 0. The second kappa shape index (κ2) is 7.04. The van der Waals surface area contributed by atoms with Crippen LogP contribution >= 0.6 is 0 Å². The van der Waals surface area contributed by atoms with Crippen molar-refractivity contribution >= 4 is 5.96 Å². The van der Waals surface area contributed by atoms with Gasteiger partial charge >= 0.3 is 0 Å². The average Bonchev–Trinajstić information content (AvgIpc) is 3.22. The molecule has 2 aliphatic rings. The van der Waals surface area contributed by atoms with E-state index in [4.69, 9.17) is 10.3 Å². The molecule has 23 heavy (non-hydrogen) atoms. The van der Waals surface area contributed by atoms with E-state index in [9.17, 15) is 0 Å². The highest BCUT2D eigenvalue weighted by Gasteiger charge is 2.41. The third-order valence-electron chi connectivity index (χ3n) is 5.23. The molecule has 1 heterocycles. The zero-order chi connectivity index (χ0) is 16.1. The molecule has 1 saturated heterocycles. The van der Waals surface area contributed by atoms with Gasteiger partial charge in [-0.3, -0.25) is 0 Å². The summed E-state index contributed by atoms with van der Waals surface area (Å²) in [6, 6.07) is 9.87. The van der Waals surface area contributed by atoms with Crippen molar-refractivity contribution in [2.75, 3.05) is 19.6 Å². The van der Waals surface area contributed by atoms with Crippen molar-refractivity contribution in [3.63, 3.8) is 0 Å². The van der Waals surface area contributed by atoms with Gasteiger partial charge in [0.1, 0.15) is 0 Å². The van der Waals surface area contributed by atoms with Crippen molar-refractivity contribution < 1.29 is 0 Å². The van der Waals surface area contributed by atoms with Gasteiger partial charge in [-0.05, 0) is 49.3 Å². The minimum atomic E-state index is 0.560. The molecular formula is C19H26N4. The number of benzene rings is 1. The van der Waals surface area contributed by atoms with Crippen LogP contribution in [-0.4, -0.2) is 30.5 Å². The smallest absolute Gasteiger partial charge is 0.194 e. The summed E-state index contributed by atoms with van der Waals surface area (Å²) in [7, 11) is 0. The van der Waals surface area contributed by atoms with Gasteiger partial charge in [0.05, 0.1) is 18.2 Å². The number of nitrogens with one attached hydrogen (secondary N) is 1. The number of aliphatic imine (C=N–C) groups is 1. The SMILES string of the molecule is CCNC(=NCc1ccc(C#N)cc1)N1CCC2(CCCC2)C1. The molecule has 0 bridgehead atoms. The maximum atomic E-state index is 8.87. The van der Waals surface area contributed by atoms with Crippen molar-refractivity contribution in [3.05, 3.63) is 35.4 Å². The fraction of sp³-hybridized carbons (Fsp3) is 0.579. The molecule has 1 saturated carbocycles. The highest BCUT2D eigenvalue weighted by atomic mass is 15.3. The van der Waals surface area contributed by atoms with Gasteiger partial charge in [-0.15, -0.1) is 0 Å². The van der Waals surface area contributed by atoms with Gasteiger partial charge in [-0.2, -0.15) is 5.26 Å². The fourth-order valence-corrected chi connectivity index (χ4v) is 3.93. The minimum Gasteiger partial charge on any atom is -0.357 e. The first-order valence-corrected chi connectivity index (χ1v) is 8.77. The molecule has 1 aromatic carbocycles. The molecular weight excluding hydrogens is 284 g/mol. The Morgan fingerprint density at radius 2 is 2.00 bits per heavy atom. The lowest BCUT2D eigenvalue weighted by atomic mass is 9.86. The van der Waals surface area contributed by atoms with Gasteiger partial charge in [0, 0.05) is 19.6 Å². The molecule has 1 spiro atoms. The Morgan fingerprint density at radius 3 is 2.65 bits per heavy atom. The number of rotatable bonds is 3. The minimum absolute atomic E-state index is 0.560. The van der Waals surface area contributed by atoms with E-state index in [0.717, 1.165) is 31.2 Å². The number of likely N-dealkylation sites (tertiary alicyclic amines) is 1. The predicted molar refractivity (Wildman–Crippen MR) is 93.1 cm³/mol. The van der Waals surface area contributed by atoms with Crippen LogP contribution in [0.25, 0.3) is 0 Å². The van der Waals surface area contributed by atoms with Gasteiger partial charge in [0.25, 0.3) is 0 Å². The van der Waals surface area contributed by atoms with Crippen LogP contribution in [0.2, 0.25) is 0 Å². The number of guanidine groups is 1. The van der Waals surface area contributed by atoms with Crippen LogP contribution < -0.4 is 5.32 Å². The molecule has 0 aromatic heterocycles. The van der Waals surface area contributed by atoms with Crippen molar-refractivity contribution in [2.45, 2.75) is 45.6 Å². The summed E-state index contributed by atoms with van der Waals surface area (Å²) < 4.78 is 0. The summed E-state index contributed by atoms with van der Waals surface area (Å²) in [5.74, 6) is 1.04. The van der Waals surface area contributed by atoms with E-state index in [1.807, 2.05) is 24.3 Å². The Labute approximate surface area is 139 Å². The average molecular weight is 310 g/mol. The van der Waals surface area contributed by atoms with Gasteiger partial charge < -0.3 is 10.2 Å². The summed E-state index contributed by atoms with van der Waals surface area (Å²) in [6.07, 6.45) is 6.88. The molecule has 3 rings (SSSR count). The maximum absolute atomic E-state index is 8.87. The third kappa shape index (κ3) is 3.67. The third-order valence-corrected chi connectivity index (χ3v) is 5.23. The lowest BCUT2D eigenvalue weighted by molar-refractivity contribution is 0.309. The van der Waals surface area contributed by atoms with Crippen LogP contribution in [-0.2, 0) is 6.54 Å². The first-order valence-electron chi connectivity index (χ1n) is 8.77. The van der Waals surface area contributed by atoms with E-state index in [-0.39, 0.29) is 0 Å². The Bertz CT molecular complexity index is 591. The van der Waals surface area contributed by atoms with E-state index in [1.165, 1.54) is 32.1 Å². The Hall–Kier alpha value is -2.02. The van der Waals surface area contributed by atoms with Crippen LogP contribution in [0, 0.1) is 16.7 Å². The fourth-order valence-electron chi connectivity index (χ4n) is 3.93. The summed E-state index contributed by atoms with van der Waals surface area (Å²) in [5.41, 5.74) is 2.41. The lowest BCUT2D eigenvalue weighted by Crippen LogP contribution is -2.41. The van der Waals surface area contributed by atoms with E-state index in [0.29, 0.717) is 17.5 Å². The molecule has 1 aliphatic carbocycles. The lowest BCUT2D eigenvalue weighted by Gasteiger charge is -2.26. The quantitative estimate of drug-likeness (QED) is 0.688. The number of hydrogen-bond acceptors (Lipinski definition) is 2. The van der Waals surface area contributed by atoms with Crippen LogP contribution in [0.1, 0.15) is 50.2 Å². The summed E-state index contributed by atoms with van der Waals surface area (Å²) in [4.78, 5) is 7.27. The second-order valence-electron chi connectivity index (χ2n) is 6.86. The zero-order valence-corrected chi connectivity index (χ0v) is 14.0. The van der Waals surface area contributed by atoms with Crippen LogP contribution in [0.15, 0.2) is 29.3 Å². The molecule has 0 amide bonds. The molecule has 4 nitrogen and oxygen atoms in total. The Balaban J connectivity index is 1.67. The normalized spacial score (nSPS) is 20.0. The predicted octanol–water partition coefficient (Wildman–Crippen LogP) is 3.29. The first kappa shape index (κ1) is 15.9. The molecule has 4 heteroatoms. The molecule has 0 atom stereocenters. The van der Waals surface area contributed by atoms with Gasteiger partial charge in [-0.1, -0.05) is 25.0 Å². The largest absolute Gasteiger partial charge is 0.357 e. The molecule has 2 fully saturated rings. The molecule has 122 valence electrons. The molecule has 0 unspecified atom stereocenters. The van der Waals surface area contributed by atoms with E-state index in [2.05, 4.69) is 23.2 Å². The van der Waals surface area contributed by atoms with Crippen molar-refractivity contribution in [2.24, 2.45) is 10.4 Å². The molecule has 1 aliphatic heterocycles. The standard InChI is InChI=1S/C19H26N4/c1-2-21-18(22-14-17-7-5-16(13-20)6-8-17)23-12-11-19(15-23)9-3-4-10-19/h5-8H,2-4,9-12,14-15H2,1H3,(H,21,22). The monoisotopic (exact) mass is 310 g/mol. The topological polar surface area (TPSA) is 51.4 Å². The van der Waals surface area contributed by atoms with Crippen molar-refractivity contribution in [1.82, 2.24) is 10.2 Å². The van der Waals surface area contributed by atoms with Crippen LogP contribution in [0.4, 0.5) is 0 Å². The van der Waals surface area contributed by atoms with Crippen molar-refractivity contribution in [1.29, 1.82) is 5.26 Å². The molecule has 0 radical (unpaired) electrons. The number of nitrogens with zero attached hydrogens (tertiary/aromatic N) is 3. The Kier molecular flexibility index (Phi) is 4.85. The Morgan fingerprint density at radius 1 is 1.26 bits per heavy atom. The van der Waals surface area contributed by atoms with Gasteiger partial charge in [0.2, 0.25) is 0 Å². The highest BCUT2D eigenvalue weighted by molar-refractivity contribution is 5.80. The van der Waals surface area contributed by atoms with Crippen molar-refractivity contribution in [3.8, 4) is 6.07 Å². The van der Waals surface area contributed by atoms with E-state index < -0.39 is 0 Å². The van der Waals surface area contributed by atoms with E-state index in [1.54, 1.807) is 0 Å². The molecule has 1 aromatic rings. The van der Waals surface area contributed by atoms with Gasteiger partial charge in [0.15, 0.2) is 5.96 Å². The van der Waals surface area contributed by atoms with Gasteiger partial charge in [-0.25, -0.2) is 4.99 Å². The maximum Gasteiger partial charge on any atom is 0.194 e. The summed E-state index contributed by atoms with van der Waals surface area (Å²) in [6.45, 7) is 5.97. The van der Waals surface area contributed by atoms with Crippen LogP contribution in [0.5, 0.6) is 0 Å². The number of hydrogen-bond donors (Lipinski definition) is 1.